The fourth-order valence-electron chi connectivity index (χ4n) is 1.84. The number of unbranched alkanes of at least 4 members (excludes halogenated alkanes) is 1. The van der Waals surface area contributed by atoms with E-state index in [0.717, 1.165) is 31.6 Å². The molecule has 0 aliphatic heterocycles. The first-order valence-corrected chi connectivity index (χ1v) is 7.79. The largest absolute Gasteiger partial charge is 0.494 e. The van der Waals surface area contributed by atoms with Gasteiger partial charge in [-0.15, -0.1) is 0 Å². The maximum Gasteiger partial charge on any atom is 0.237 e. The van der Waals surface area contributed by atoms with E-state index >= 15 is 0 Å². The Kier molecular flexibility index (Phi) is 7.83. The maximum atomic E-state index is 11.7. The second kappa shape index (κ2) is 9.40. The fourth-order valence-corrected chi connectivity index (χ4v) is 1.84. The number of carbonyl (C=O) groups is 1. The first-order valence-electron chi connectivity index (χ1n) is 7.79. The molecule has 118 valence electrons. The van der Waals surface area contributed by atoms with Crippen LogP contribution in [0.2, 0.25) is 0 Å². The fraction of sp³-hybridized carbons (Fsp3) is 0.588. The third-order valence-corrected chi connectivity index (χ3v) is 3.42. The zero-order valence-corrected chi connectivity index (χ0v) is 13.4. The van der Waals surface area contributed by atoms with Crippen LogP contribution in [0.5, 0.6) is 5.75 Å². The minimum atomic E-state index is -0.431. The first-order chi connectivity index (χ1) is 10.0. The van der Waals surface area contributed by atoms with Gasteiger partial charge in [-0.1, -0.05) is 39.3 Å². The van der Waals surface area contributed by atoms with Crippen LogP contribution < -0.4 is 15.8 Å². The molecule has 4 heteroatoms. The Labute approximate surface area is 128 Å². The lowest BCUT2D eigenvalue weighted by atomic mass is 10.0. The van der Waals surface area contributed by atoms with Crippen LogP contribution in [-0.4, -0.2) is 25.1 Å². The van der Waals surface area contributed by atoms with E-state index in [4.69, 9.17) is 10.5 Å². The Hall–Kier alpha value is -1.55. The number of nitrogens with two attached hydrogens (primary N) is 1. The third-order valence-electron chi connectivity index (χ3n) is 3.42. The molecule has 0 unspecified atom stereocenters. The molecule has 0 saturated heterocycles. The van der Waals surface area contributed by atoms with Gasteiger partial charge in [0.15, 0.2) is 0 Å². The smallest absolute Gasteiger partial charge is 0.237 e. The van der Waals surface area contributed by atoms with E-state index in [2.05, 4.69) is 12.2 Å². The molecule has 1 aromatic rings. The number of carbonyl (C=O) groups excluding carboxylic acids is 1. The Morgan fingerprint density at radius 2 is 1.95 bits per heavy atom. The zero-order chi connectivity index (χ0) is 15.7. The molecule has 0 fully saturated rings. The Balaban J connectivity index is 2.31. The molecule has 0 bridgehead atoms. The predicted molar refractivity (Wildman–Crippen MR) is 86.4 cm³/mol. The SMILES string of the molecule is CCCCOc1ccc(CCNC(=O)[C@@H](N)C(C)C)cc1. The molecule has 1 rings (SSSR count). The van der Waals surface area contributed by atoms with Crippen molar-refractivity contribution in [2.24, 2.45) is 11.7 Å². The van der Waals surface area contributed by atoms with Gasteiger partial charge in [0, 0.05) is 6.54 Å². The van der Waals surface area contributed by atoms with Crippen LogP contribution in [0.25, 0.3) is 0 Å². The van der Waals surface area contributed by atoms with Gasteiger partial charge in [0.2, 0.25) is 5.91 Å². The highest BCUT2D eigenvalue weighted by molar-refractivity contribution is 5.81. The lowest BCUT2D eigenvalue weighted by Crippen LogP contribution is -2.44. The number of amides is 1. The van der Waals surface area contributed by atoms with Gasteiger partial charge in [-0.3, -0.25) is 4.79 Å². The summed E-state index contributed by atoms with van der Waals surface area (Å²) in [4.78, 5) is 11.7. The maximum absolute atomic E-state index is 11.7. The highest BCUT2D eigenvalue weighted by Crippen LogP contribution is 2.13. The van der Waals surface area contributed by atoms with E-state index in [-0.39, 0.29) is 11.8 Å². The van der Waals surface area contributed by atoms with Crippen molar-refractivity contribution in [2.75, 3.05) is 13.2 Å². The molecule has 0 aromatic heterocycles. The van der Waals surface area contributed by atoms with Crippen LogP contribution in [0.15, 0.2) is 24.3 Å². The van der Waals surface area contributed by atoms with Crippen molar-refractivity contribution in [3.8, 4) is 5.75 Å². The number of ether oxygens (including phenoxy) is 1. The molecular weight excluding hydrogens is 264 g/mol. The Morgan fingerprint density at radius 3 is 2.52 bits per heavy atom. The van der Waals surface area contributed by atoms with E-state index in [1.165, 1.54) is 5.56 Å². The monoisotopic (exact) mass is 292 g/mol. The molecule has 0 aliphatic rings. The van der Waals surface area contributed by atoms with Crippen LogP contribution in [0.1, 0.15) is 39.2 Å². The number of hydrogen-bond acceptors (Lipinski definition) is 3. The summed E-state index contributed by atoms with van der Waals surface area (Å²) in [6.07, 6.45) is 3.01. The second-order valence-electron chi connectivity index (χ2n) is 5.66. The lowest BCUT2D eigenvalue weighted by molar-refractivity contribution is -0.123. The summed E-state index contributed by atoms with van der Waals surface area (Å²) < 4.78 is 5.62. The summed E-state index contributed by atoms with van der Waals surface area (Å²) in [5.41, 5.74) is 6.97. The number of benzene rings is 1. The van der Waals surface area contributed by atoms with Crippen LogP contribution >= 0.6 is 0 Å². The van der Waals surface area contributed by atoms with E-state index < -0.39 is 6.04 Å². The molecule has 1 aromatic carbocycles. The Bertz CT molecular complexity index is 415. The summed E-state index contributed by atoms with van der Waals surface area (Å²) in [5.74, 6) is 0.979. The number of hydrogen-bond donors (Lipinski definition) is 2. The van der Waals surface area contributed by atoms with Crippen molar-refractivity contribution < 1.29 is 9.53 Å². The van der Waals surface area contributed by atoms with Gasteiger partial charge in [0.1, 0.15) is 5.75 Å². The van der Waals surface area contributed by atoms with E-state index in [0.29, 0.717) is 6.54 Å². The molecule has 0 aliphatic carbocycles. The third kappa shape index (κ3) is 6.63. The second-order valence-corrected chi connectivity index (χ2v) is 5.66. The molecular formula is C17H28N2O2. The molecule has 1 atom stereocenters. The molecule has 0 spiro atoms. The summed E-state index contributed by atoms with van der Waals surface area (Å²) >= 11 is 0. The predicted octanol–water partition coefficient (Wildman–Crippen LogP) is 2.51. The highest BCUT2D eigenvalue weighted by atomic mass is 16.5. The van der Waals surface area contributed by atoms with E-state index in [1.807, 2.05) is 38.1 Å². The molecule has 4 nitrogen and oxygen atoms in total. The van der Waals surface area contributed by atoms with Crippen molar-refractivity contribution in [3.63, 3.8) is 0 Å². The number of nitrogens with one attached hydrogen (secondary N) is 1. The molecule has 0 radical (unpaired) electrons. The van der Waals surface area contributed by atoms with Gasteiger partial charge in [0.05, 0.1) is 12.6 Å². The zero-order valence-electron chi connectivity index (χ0n) is 13.4. The van der Waals surface area contributed by atoms with Crippen molar-refractivity contribution in [1.29, 1.82) is 0 Å². The average Bonchev–Trinajstić information content (AvgIpc) is 2.48. The van der Waals surface area contributed by atoms with E-state index in [9.17, 15) is 4.79 Å². The molecule has 0 saturated carbocycles. The van der Waals surface area contributed by atoms with Gasteiger partial charge in [-0.05, 0) is 36.5 Å². The van der Waals surface area contributed by atoms with Gasteiger partial charge in [-0.2, -0.15) is 0 Å². The normalized spacial score (nSPS) is 12.2. The quantitative estimate of drug-likeness (QED) is 0.687. The average molecular weight is 292 g/mol. The van der Waals surface area contributed by atoms with Crippen molar-refractivity contribution in [2.45, 2.75) is 46.1 Å². The van der Waals surface area contributed by atoms with Crippen molar-refractivity contribution in [1.82, 2.24) is 5.32 Å². The van der Waals surface area contributed by atoms with Gasteiger partial charge in [-0.25, -0.2) is 0 Å². The standard InChI is InChI=1S/C17H28N2O2/c1-4-5-12-21-15-8-6-14(7-9-15)10-11-19-17(20)16(18)13(2)3/h6-9,13,16H,4-5,10-12,18H2,1-3H3,(H,19,20)/t16-/m0/s1. The van der Waals surface area contributed by atoms with Crippen molar-refractivity contribution in [3.05, 3.63) is 29.8 Å². The van der Waals surface area contributed by atoms with Gasteiger partial charge < -0.3 is 15.8 Å². The topological polar surface area (TPSA) is 64.3 Å². The minimum Gasteiger partial charge on any atom is -0.494 e. The molecule has 0 heterocycles. The summed E-state index contributed by atoms with van der Waals surface area (Å²) in [6.45, 7) is 7.41. The van der Waals surface area contributed by atoms with Crippen LogP contribution in [0.4, 0.5) is 0 Å². The summed E-state index contributed by atoms with van der Waals surface area (Å²) in [5, 5.41) is 2.87. The lowest BCUT2D eigenvalue weighted by Gasteiger charge is -2.15. The summed E-state index contributed by atoms with van der Waals surface area (Å²) in [7, 11) is 0. The van der Waals surface area contributed by atoms with Gasteiger partial charge >= 0.3 is 0 Å². The molecule has 3 N–H and O–H groups in total. The summed E-state index contributed by atoms with van der Waals surface area (Å²) in [6, 6.07) is 7.60. The van der Waals surface area contributed by atoms with Crippen LogP contribution in [0.3, 0.4) is 0 Å². The highest BCUT2D eigenvalue weighted by Gasteiger charge is 2.16. The molecule has 1 amide bonds. The Morgan fingerprint density at radius 1 is 1.29 bits per heavy atom. The molecule has 21 heavy (non-hydrogen) atoms. The first kappa shape index (κ1) is 17.5. The van der Waals surface area contributed by atoms with Crippen LogP contribution in [0, 0.1) is 5.92 Å². The van der Waals surface area contributed by atoms with Gasteiger partial charge in [0.25, 0.3) is 0 Å². The minimum absolute atomic E-state index is 0.0791. The van der Waals surface area contributed by atoms with Crippen molar-refractivity contribution >= 4 is 5.91 Å². The number of rotatable bonds is 9. The van der Waals surface area contributed by atoms with Crippen LogP contribution in [-0.2, 0) is 11.2 Å². The van der Waals surface area contributed by atoms with E-state index in [1.54, 1.807) is 0 Å².